The third kappa shape index (κ3) is 2.62. The molecule has 2 aliphatic rings. The van der Waals surface area contributed by atoms with E-state index < -0.39 is 11.7 Å². The normalized spacial score (nSPS) is 21.9. The predicted molar refractivity (Wildman–Crippen MR) is 83.0 cm³/mol. The second kappa shape index (κ2) is 6.10. The average Bonchev–Trinajstić information content (AvgIpc) is 2.80. The highest BCUT2D eigenvalue weighted by molar-refractivity contribution is 8.00. The largest absolute Gasteiger partial charge is 0.468 e. The molecule has 1 fully saturated rings. The number of para-hydroxylation sites is 1. The number of carbonyl (C=O) groups is 3. The average molecular weight is 320 g/mol. The zero-order valence-electron chi connectivity index (χ0n) is 12.2. The predicted octanol–water partition coefficient (Wildman–Crippen LogP) is 0.764. The molecule has 0 unspecified atom stereocenters. The van der Waals surface area contributed by atoms with Crippen molar-refractivity contribution >= 4 is 35.1 Å². The van der Waals surface area contributed by atoms with E-state index in [0.29, 0.717) is 24.5 Å². The molecule has 3 rings (SSSR count). The van der Waals surface area contributed by atoms with Gasteiger partial charge >= 0.3 is 11.9 Å². The van der Waals surface area contributed by atoms with E-state index in [1.54, 1.807) is 36.0 Å². The van der Waals surface area contributed by atoms with E-state index in [1.807, 2.05) is 4.90 Å². The number of hydrogen-bond acceptors (Lipinski definition) is 6. The van der Waals surface area contributed by atoms with E-state index in [0.717, 1.165) is 12.3 Å². The quantitative estimate of drug-likeness (QED) is 0.605. The Bertz CT molecular complexity index is 634. The number of Topliss-reactive ketones (excluding diaryl/α,β-unsaturated/α-hetero) is 1. The number of carbonyl (C=O) groups excluding carboxylic acids is 3. The second-order valence-electron chi connectivity index (χ2n) is 5.18. The van der Waals surface area contributed by atoms with E-state index in [1.165, 1.54) is 12.0 Å². The number of amides is 1. The fourth-order valence-corrected chi connectivity index (χ4v) is 3.89. The monoisotopic (exact) mass is 320 g/mol. The van der Waals surface area contributed by atoms with Gasteiger partial charge in [-0.3, -0.25) is 24.2 Å². The van der Waals surface area contributed by atoms with Gasteiger partial charge in [-0.15, -0.1) is 11.8 Å². The summed E-state index contributed by atoms with van der Waals surface area (Å²) in [5.74, 6) is -0.434. The van der Waals surface area contributed by atoms with Crippen LogP contribution in [0, 0.1) is 0 Å². The fraction of sp³-hybridized carbons (Fsp3) is 0.400. The van der Waals surface area contributed by atoms with Gasteiger partial charge in [-0.25, -0.2) is 0 Å². The molecule has 0 saturated carbocycles. The third-order valence-electron chi connectivity index (χ3n) is 3.83. The second-order valence-corrected chi connectivity index (χ2v) is 6.49. The van der Waals surface area contributed by atoms with Gasteiger partial charge in [0.2, 0.25) is 0 Å². The number of methoxy groups -OCH3 is 1. The van der Waals surface area contributed by atoms with Crippen LogP contribution in [0.5, 0.6) is 0 Å². The van der Waals surface area contributed by atoms with Crippen LogP contribution in [-0.2, 0) is 14.3 Å². The summed E-state index contributed by atoms with van der Waals surface area (Å²) in [5, 5.41) is -0.248. The Morgan fingerprint density at radius 2 is 2.14 bits per heavy atom. The molecule has 0 aromatic heterocycles. The van der Waals surface area contributed by atoms with E-state index >= 15 is 0 Å². The summed E-state index contributed by atoms with van der Waals surface area (Å²) in [7, 11) is 1.38. The Kier molecular flexibility index (Phi) is 4.17. The maximum Gasteiger partial charge on any atom is 0.320 e. The van der Waals surface area contributed by atoms with Gasteiger partial charge in [0.25, 0.3) is 5.78 Å². The lowest BCUT2D eigenvalue weighted by molar-refractivity contribution is -0.140. The highest BCUT2D eigenvalue weighted by Gasteiger charge is 2.37. The summed E-state index contributed by atoms with van der Waals surface area (Å²) in [4.78, 5) is 39.3. The van der Waals surface area contributed by atoms with Gasteiger partial charge < -0.3 is 4.74 Å². The number of benzene rings is 1. The van der Waals surface area contributed by atoms with Gasteiger partial charge in [-0.1, -0.05) is 12.1 Å². The maximum atomic E-state index is 12.2. The minimum absolute atomic E-state index is 0.248. The number of anilines is 1. The summed E-state index contributed by atoms with van der Waals surface area (Å²) in [5.41, 5.74) is 1.09. The van der Waals surface area contributed by atoms with E-state index in [4.69, 9.17) is 4.74 Å². The number of fused-ring (bicyclic) bond motifs is 1. The van der Waals surface area contributed by atoms with Crippen LogP contribution in [0.25, 0.3) is 0 Å². The van der Waals surface area contributed by atoms with Crippen molar-refractivity contribution in [3.8, 4) is 0 Å². The van der Waals surface area contributed by atoms with Crippen molar-refractivity contribution in [2.45, 2.75) is 5.25 Å². The molecule has 1 aromatic rings. The number of rotatable bonds is 3. The van der Waals surface area contributed by atoms with Crippen LogP contribution in [0.2, 0.25) is 0 Å². The highest BCUT2D eigenvalue weighted by atomic mass is 32.2. The Hall–Kier alpha value is -1.86. The summed E-state index contributed by atoms with van der Waals surface area (Å²) in [6, 6.07) is 6.99. The lowest BCUT2D eigenvalue weighted by Crippen LogP contribution is -2.48. The molecule has 0 spiro atoms. The van der Waals surface area contributed by atoms with Crippen LogP contribution in [0.1, 0.15) is 10.4 Å². The molecule has 0 radical (unpaired) electrons. The minimum Gasteiger partial charge on any atom is -0.468 e. The van der Waals surface area contributed by atoms with Gasteiger partial charge in [0.05, 0.1) is 25.0 Å². The number of ketones is 1. The molecule has 1 atom stereocenters. The van der Waals surface area contributed by atoms with Crippen molar-refractivity contribution in [2.24, 2.45) is 0 Å². The van der Waals surface area contributed by atoms with Gasteiger partial charge in [0, 0.05) is 18.8 Å². The summed E-state index contributed by atoms with van der Waals surface area (Å²) >= 11 is 1.56. The van der Waals surface area contributed by atoms with Crippen LogP contribution in [-0.4, -0.2) is 60.4 Å². The van der Waals surface area contributed by atoms with Crippen molar-refractivity contribution in [3.63, 3.8) is 0 Å². The van der Waals surface area contributed by atoms with Crippen LogP contribution in [0.3, 0.4) is 0 Å². The summed E-state index contributed by atoms with van der Waals surface area (Å²) in [6.07, 6.45) is 0. The Morgan fingerprint density at radius 3 is 2.91 bits per heavy atom. The Labute approximate surface area is 132 Å². The lowest BCUT2D eigenvalue weighted by Gasteiger charge is -2.33. The first-order chi connectivity index (χ1) is 10.6. The molecule has 7 heteroatoms. The summed E-state index contributed by atoms with van der Waals surface area (Å²) < 4.78 is 4.78. The zero-order valence-corrected chi connectivity index (χ0v) is 13.0. The molecule has 116 valence electrons. The molecular formula is C15H16N2O4S. The molecule has 2 aliphatic heterocycles. The van der Waals surface area contributed by atoms with Gasteiger partial charge in [0.15, 0.2) is 0 Å². The Morgan fingerprint density at radius 1 is 1.36 bits per heavy atom. The number of esters is 1. The van der Waals surface area contributed by atoms with Gasteiger partial charge in [0.1, 0.15) is 5.25 Å². The third-order valence-corrected chi connectivity index (χ3v) is 5.00. The van der Waals surface area contributed by atoms with Crippen molar-refractivity contribution in [1.29, 1.82) is 0 Å². The molecule has 6 nitrogen and oxygen atoms in total. The van der Waals surface area contributed by atoms with Gasteiger partial charge in [-0.2, -0.15) is 0 Å². The number of ether oxygens (including phenoxy) is 1. The minimum atomic E-state index is -0.506. The van der Waals surface area contributed by atoms with E-state index in [9.17, 15) is 14.4 Å². The first-order valence-electron chi connectivity index (χ1n) is 6.99. The van der Waals surface area contributed by atoms with E-state index in [-0.39, 0.29) is 11.2 Å². The molecule has 0 aliphatic carbocycles. The Balaban J connectivity index is 1.75. The van der Waals surface area contributed by atoms with Crippen molar-refractivity contribution in [1.82, 2.24) is 4.90 Å². The van der Waals surface area contributed by atoms with Crippen LogP contribution < -0.4 is 4.90 Å². The standard InChI is InChI=1S/C15H16N2O4S/c1-21-15(20)12-8-16(6-7-22-12)9-17-11-5-3-2-4-10(11)13(18)14(17)19/h2-5,12H,6-9H2,1H3/t12-/m0/s1. The van der Waals surface area contributed by atoms with E-state index in [2.05, 4.69) is 0 Å². The topological polar surface area (TPSA) is 66.9 Å². The first kappa shape index (κ1) is 15.1. The van der Waals surface area contributed by atoms with Crippen LogP contribution in [0.4, 0.5) is 5.69 Å². The highest BCUT2D eigenvalue weighted by Crippen LogP contribution is 2.29. The molecule has 2 heterocycles. The lowest BCUT2D eigenvalue weighted by atomic mass is 10.1. The molecule has 1 aromatic carbocycles. The zero-order chi connectivity index (χ0) is 15.7. The summed E-state index contributed by atoms with van der Waals surface area (Å²) in [6.45, 7) is 1.59. The fourth-order valence-electron chi connectivity index (χ4n) is 2.69. The molecule has 0 bridgehead atoms. The molecular weight excluding hydrogens is 304 g/mol. The van der Waals surface area contributed by atoms with Crippen molar-refractivity contribution in [2.75, 3.05) is 37.5 Å². The molecule has 0 N–H and O–H groups in total. The van der Waals surface area contributed by atoms with Crippen molar-refractivity contribution in [3.05, 3.63) is 29.8 Å². The van der Waals surface area contributed by atoms with Crippen LogP contribution >= 0.6 is 11.8 Å². The molecule has 1 saturated heterocycles. The number of thioether (sulfide) groups is 1. The van der Waals surface area contributed by atoms with Gasteiger partial charge in [-0.05, 0) is 12.1 Å². The smallest absolute Gasteiger partial charge is 0.320 e. The first-order valence-corrected chi connectivity index (χ1v) is 8.03. The SMILES string of the molecule is COC(=O)[C@@H]1CN(CN2C(=O)C(=O)c3ccccc32)CCS1. The molecule has 22 heavy (non-hydrogen) atoms. The van der Waals surface area contributed by atoms with Crippen molar-refractivity contribution < 1.29 is 19.1 Å². The van der Waals surface area contributed by atoms with Crippen LogP contribution in [0.15, 0.2) is 24.3 Å². The molecule has 1 amide bonds. The maximum absolute atomic E-state index is 12.2. The number of hydrogen-bond donors (Lipinski definition) is 0. The number of nitrogens with zero attached hydrogens (tertiary/aromatic N) is 2.